The Morgan fingerprint density at radius 3 is 1.96 bits per heavy atom. The van der Waals surface area contributed by atoms with Crippen LogP contribution in [-0.4, -0.2) is 0 Å². The second-order valence-electron chi connectivity index (χ2n) is 6.86. The molecule has 2 rings (SSSR count). The van der Waals surface area contributed by atoms with Gasteiger partial charge in [0.05, 0.1) is 0 Å². The Bertz CT molecular complexity index is 540. The molecule has 0 saturated carbocycles. The number of rotatable bonds is 12. The zero-order chi connectivity index (χ0) is 16.2. The maximum absolute atomic E-state index is 3.56. The van der Waals surface area contributed by atoms with E-state index >= 15 is 0 Å². The van der Waals surface area contributed by atoms with Crippen molar-refractivity contribution in [3.05, 3.63) is 48.0 Å². The van der Waals surface area contributed by atoms with Crippen molar-refractivity contribution in [2.24, 2.45) is 0 Å². The highest BCUT2D eigenvalue weighted by Gasteiger charge is 1.98. The van der Waals surface area contributed by atoms with Gasteiger partial charge in [0.15, 0.2) is 0 Å². The minimum Gasteiger partial charge on any atom is -0.0654 e. The summed E-state index contributed by atoms with van der Waals surface area (Å²) in [5, 5.41) is 2.56. The molecule has 0 heteroatoms. The molecule has 0 saturated heterocycles. The van der Waals surface area contributed by atoms with Crippen LogP contribution in [0.4, 0.5) is 0 Å². The topological polar surface area (TPSA) is 0 Å². The predicted octanol–water partition coefficient (Wildman–Crippen LogP) is 7.49. The van der Waals surface area contributed by atoms with Crippen LogP contribution in [0.25, 0.3) is 10.8 Å². The molecule has 0 aliphatic rings. The molecule has 0 N–H and O–H groups in total. The first-order chi connectivity index (χ1) is 11.4. The molecule has 1 radical (unpaired) electrons. The summed E-state index contributed by atoms with van der Waals surface area (Å²) >= 11 is 0. The van der Waals surface area contributed by atoms with Crippen LogP contribution < -0.4 is 0 Å². The molecule has 0 aliphatic carbocycles. The molecule has 2 aromatic rings. The van der Waals surface area contributed by atoms with Gasteiger partial charge in [-0.15, -0.1) is 0 Å². The molecule has 0 heterocycles. The van der Waals surface area contributed by atoms with Crippen molar-refractivity contribution < 1.29 is 0 Å². The molecule has 0 unspecified atom stereocenters. The van der Waals surface area contributed by atoms with E-state index in [9.17, 15) is 0 Å². The average Bonchev–Trinajstić information content (AvgIpc) is 2.59. The van der Waals surface area contributed by atoms with Crippen LogP contribution in [0.1, 0.15) is 83.1 Å². The Hall–Kier alpha value is -1.30. The van der Waals surface area contributed by atoms with Crippen LogP contribution in [0.2, 0.25) is 0 Å². The Morgan fingerprint density at radius 1 is 0.652 bits per heavy atom. The molecule has 0 nitrogen and oxygen atoms in total. The zero-order valence-electron chi connectivity index (χ0n) is 14.9. The fourth-order valence-corrected chi connectivity index (χ4v) is 3.29. The van der Waals surface area contributed by atoms with Crippen LogP contribution in [-0.2, 0) is 6.42 Å². The highest BCUT2D eigenvalue weighted by Crippen LogP contribution is 2.17. The molecular formula is C23H33. The molecule has 0 bridgehead atoms. The standard InChI is InChI=1S/C23H33/c1-2-3-4-5-6-7-8-9-10-11-12-15-21-18-19-22-16-13-14-17-23(22)20-21/h13-14,16-19H,2-12,15H2,1H3. The summed E-state index contributed by atoms with van der Waals surface area (Å²) in [5.74, 6) is 0. The number of aryl methyl sites for hydroxylation is 1. The van der Waals surface area contributed by atoms with Crippen molar-refractivity contribution in [1.82, 2.24) is 0 Å². The SMILES string of the molecule is CCCCCCCCCCCCCc1[c]c2ccccc2cc1. The highest BCUT2D eigenvalue weighted by atomic mass is 14.0. The predicted molar refractivity (Wildman–Crippen MR) is 103 cm³/mol. The molecule has 2 aromatic carbocycles. The molecule has 0 aliphatic heterocycles. The largest absolute Gasteiger partial charge is 0.0654 e. The Labute approximate surface area is 143 Å². The van der Waals surface area contributed by atoms with E-state index < -0.39 is 0 Å². The molecule has 23 heavy (non-hydrogen) atoms. The third kappa shape index (κ3) is 7.20. The number of hydrogen-bond acceptors (Lipinski definition) is 0. The van der Waals surface area contributed by atoms with Gasteiger partial charge in [-0.25, -0.2) is 0 Å². The number of benzene rings is 2. The smallest absolute Gasteiger partial charge is 0.00643 e. The summed E-state index contributed by atoms with van der Waals surface area (Å²) in [6.45, 7) is 2.29. The van der Waals surface area contributed by atoms with Gasteiger partial charge in [-0.3, -0.25) is 0 Å². The van der Waals surface area contributed by atoms with Crippen molar-refractivity contribution in [2.45, 2.75) is 84.0 Å². The van der Waals surface area contributed by atoms with E-state index in [1.165, 1.54) is 93.4 Å². The van der Waals surface area contributed by atoms with Gasteiger partial charge in [-0.1, -0.05) is 108 Å². The van der Waals surface area contributed by atoms with Gasteiger partial charge in [0.2, 0.25) is 0 Å². The summed E-state index contributed by atoms with van der Waals surface area (Å²) in [6.07, 6.45) is 16.7. The second kappa shape index (κ2) is 11.3. The van der Waals surface area contributed by atoms with E-state index in [1.807, 2.05) is 0 Å². The summed E-state index contributed by atoms with van der Waals surface area (Å²) in [5.41, 5.74) is 1.37. The Morgan fingerprint density at radius 2 is 1.26 bits per heavy atom. The van der Waals surface area contributed by atoms with E-state index in [2.05, 4.69) is 49.4 Å². The van der Waals surface area contributed by atoms with Crippen molar-refractivity contribution in [3.8, 4) is 0 Å². The third-order valence-electron chi connectivity index (χ3n) is 4.77. The summed E-state index contributed by atoms with van der Waals surface area (Å²) in [4.78, 5) is 0. The van der Waals surface area contributed by atoms with Crippen molar-refractivity contribution in [1.29, 1.82) is 0 Å². The number of hydrogen-bond donors (Lipinski definition) is 0. The van der Waals surface area contributed by atoms with E-state index in [4.69, 9.17) is 0 Å². The van der Waals surface area contributed by atoms with Crippen molar-refractivity contribution in [2.75, 3.05) is 0 Å². The lowest BCUT2D eigenvalue weighted by Crippen LogP contribution is -1.87. The van der Waals surface area contributed by atoms with Crippen molar-refractivity contribution in [3.63, 3.8) is 0 Å². The Balaban J connectivity index is 1.50. The number of fused-ring (bicyclic) bond motifs is 1. The molecule has 0 atom stereocenters. The molecule has 0 amide bonds. The monoisotopic (exact) mass is 309 g/mol. The summed E-state index contributed by atoms with van der Waals surface area (Å²) in [6, 6.07) is 16.6. The third-order valence-corrected chi connectivity index (χ3v) is 4.77. The van der Waals surface area contributed by atoms with Gasteiger partial charge in [0.25, 0.3) is 0 Å². The van der Waals surface area contributed by atoms with Crippen LogP contribution in [0.15, 0.2) is 36.4 Å². The molecular weight excluding hydrogens is 276 g/mol. The van der Waals surface area contributed by atoms with Crippen molar-refractivity contribution >= 4 is 10.8 Å². The number of unbranched alkanes of at least 4 members (excludes halogenated alkanes) is 10. The minimum atomic E-state index is 1.18. The lowest BCUT2D eigenvalue weighted by molar-refractivity contribution is 0.549. The molecule has 0 spiro atoms. The highest BCUT2D eigenvalue weighted by molar-refractivity contribution is 5.82. The van der Waals surface area contributed by atoms with Crippen LogP contribution >= 0.6 is 0 Å². The van der Waals surface area contributed by atoms with Crippen LogP contribution in [0, 0.1) is 6.07 Å². The average molecular weight is 310 g/mol. The first kappa shape index (κ1) is 18.0. The summed E-state index contributed by atoms with van der Waals surface area (Å²) in [7, 11) is 0. The van der Waals surface area contributed by atoms with E-state index in [0.717, 1.165) is 0 Å². The van der Waals surface area contributed by atoms with Gasteiger partial charge in [0, 0.05) is 0 Å². The van der Waals surface area contributed by atoms with Crippen LogP contribution in [0.5, 0.6) is 0 Å². The fourth-order valence-electron chi connectivity index (χ4n) is 3.29. The quantitative estimate of drug-likeness (QED) is 0.356. The second-order valence-corrected chi connectivity index (χ2v) is 6.86. The first-order valence-electron chi connectivity index (χ1n) is 9.80. The maximum atomic E-state index is 3.56. The van der Waals surface area contributed by atoms with E-state index in [-0.39, 0.29) is 0 Å². The van der Waals surface area contributed by atoms with Crippen LogP contribution in [0.3, 0.4) is 0 Å². The first-order valence-corrected chi connectivity index (χ1v) is 9.80. The normalized spacial score (nSPS) is 11.2. The van der Waals surface area contributed by atoms with Gasteiger partial charge in [0.1, 0.15) is 0 Å². The summed E-state index contributed by atoms with van der Waals surface area (Å²) < 4.78 is 0. The fraction of sp³-hybridized carbons (Fsp3) is 0.565. The zero-order valence-corrected chi connectivity index (χ0v) is 14.9. The lowest BCUT2D eigenvalue weighted by atomic mass is 10.0. The maximum Gasteiger partial charge on any atom is -0.00643 e. The molecule has 0 fully saturated rings. The van der Waals surface area contributed by atoms with Gasteiger partial charge in [-0.05, 0) is 35.2 Å². The van der Waals surface area contributed by atoms with Gasteiger partial charge in [-0.2, -0.15) is 0 Å². The molecule has 0 aromatic heterocycles. The Kier molecular flexibility index (Phi) is 8.84. The minimum absolute atomic E-state index is 1.18. The lowest BCUT2D eigenvalue weighted by Gasteiger charge is -2.04. The van der Waals surface area contributed by atoms with E-state index in [1.54, 1.807) is 0 Å². The van der Waals surface area contributed by atoms with Gasteiger partial charge < -0.3 is 0 Å². The molecule has 125 valence electrons. The van der Waals surface area contributed by atoms with Gasteiger partial charge >= 0.3 is 0 Å². The van der Waals surface area contributed by atoms with E-state index in [0.29, 0.717) is 0 Å².